The Morgan fingerprint density at radius 3 is 2.84 bits per heavy atom. The summed E-state index contributed by atoms with van der Waals surface area (Å²) in [5.74, 6) is 0.812. The summed E-state index contributed by atoms with van der Waals surface area (Å²) in [7, 11) is -0.921. The monoisotopic (exact) mass is 283 g/mol. The molecule has 2 rings (SSSR count). The van der Waals surface area contributed by atoms with Gasteiger partial charge in [-0.1, -0.05) is 25.8 Å². The van der Waals surface area contributed by atoms with Gasteiger partial charge >= 0.3 is 0 Å². The third-order valence-corrected chi connectivity index (χ3v) is 5.71. The van der Waals surface area contributed by atoms with Gasteiger partial charge in [0.1, 0.15) is 5.82 Å². The van der Waals surface area contributed by atoms with Gasteiger partial charge in [0, 0.05) is 28.3 Å². The second kappa shape index (κ2) is 6.62. The Bertz CT molecular complexity index is 463. The van der Waals surface area contributed by atoms with Crippen molar-refractivity contribution >= 4 is 10.8 Å². The molecule has 0 bridgehead atoms. The van der Waals surface area contributed by atoms with E-state index in [1.54, 1.807) is 6.07 Å². The summed E-state index contributed by atoms with van der Waals surface area (Å²) in [6, 6.07) is 4.59. The molecule has 0 saturated heterocycles. The average Bonchev–Trinajstić information content (AvgIpc) is 2.39. The molecule has 0 spiro atoms. The quantitative estimate of drug-likeness (QED) is 0.922. The first kappa shape index (κ1) is 14.7. The van der Waals surface area contributed by atoms with Crippen molar-refractivity contribution < 1.29 is 8.60 Å². The number of hydrogen-bond donors (Lipinski definition) is 1. The first-order valence-corrected chi connectivity index (χ1v) is 8.33. The zero-order chi connectivity index (χ0) is 13.8. The van der Waals surface area contributed by atoms with Gasteiger partial charge < -0.3 is 5.73 Å². The molecule has 106 valence electrons. The Morgan fingerprint density at radius 1 is 1.37 bits per heavy atom. The predicted octanol–water partition coefficient (Wildman–Crippen LogP) is 3.11. The van der Waals surface area contributed by atoms with Gasteiger partial charge in [-0.3, -0.25) is 4.21 Å². The van der Waals surface area contributed by atoms with Gasteiger partial charge in [-0.15, -0.1) is 0 Å². The highest BCUT2D eigenvalue weighted by Crippen LogP contribution is 2.28. The van der Waals surface area contributed by atoms with Gasteiger partial charge in [-0.05, 0) is 42.0 Å². The molecule has 0 aliphatic heterocycles. The van der Waals surface area contributed by atoms with Crippen LogP contribution in [0.5, 0.6) is 0 Å². The first-order valence-electron chi connectivity index (χ1n) is 6.94. The van der Waals surface area contributed by atoms with E-state index in [4.69, 9.17) is 5.73 Å². The largest absolute Gasteiger partial charge is 0.326 e. The third kappa shape index (κ3) is 3.86. The maximum atomic E-state index is 13.3. The summed E-state index contributed by atoms with van der Waals surface area (Å²) in [6.07, 6.45) is 4.45. The molecule has 0 radical (unpaired) electrons. The van der Waals surface area contributed by atoms with Gasteiger partial charge in [0.05, 0.1) is 0 Å². The van der Waals surface area contributed by atoms with Crippen molar-refractivity contribution in [1.29, 1.82) is 0 Å². The van der Waals surface area contributed by atoms with Crippen LogP contribution in [0.1, 0.15) is 43.7 Å². The molecule has 1 aliphatic rings. The zero-order valence-electron chi connectivity index (χ0n) is 11.4. The molecule has 19 heavy (non-hydrogen) atoms. The lowest BCUT2D eigenvalue weighted by Gasteiger charge is -2.26. The van der Waals surface area contributed by atoms with Gasteiger partial charge in [-0.25, -0.2) is 4.39 Å². The smallest absolute Gasteiger partial charge is 0.123 e. The summed E-state index contributed by atoms with van der Waals surface area (Å²) < 4.78 is 25.7. The second-order valence-electron chi connectivity index (χ2n) is 5.54. The van der Waals surface area contributed by atoms with Crippen molar-refractivity contribution in [1.82, 2.24) is 0 Å². The summed E-state index contributed by atoms with van der Waals surface area (Å²) in [5.41, 5.74) is 7.36. The molecule has 2 N–H and O–H groups in total. The summed E-state index contributed by atoms with van der Waals surface area (Å²) in [6.45, 7) is 2.59. The van der Waals surface area contributed by atoms with E-state index in [0.717, 1.165) is 30.4 Å². The lowest BCUT2D eigenvalue weighted by Crippen LogP contribution is -2.24. The average molecular weight is 283 g/mol. The Labute approximate surface area is 117 Å². The number of nitrogens with two attached hydrogens (primary N) is 1. The van der Waals surface area contributed by atoms with Crippen LogP contribution < -0.4 is 5.73 Å². The number of rotatable bonds is 4. The van der Waals surface area contributed by atoms with Gasteiger partial charge in [0.25, 0.3) is 0 Å². The molecular formula is C15H22FNOS. The van der Waals surface area contributed by atoms with Crippen molar-refractivity contribution in [2.45, 2.75) is 50.2 Å². The molecule has 1 aromatic carbocycles. The van der Waals surface area contributed by atoms with Gasteiger partial charge in [0.2, 0.25) is 0 Å². The highest BCUT2D eigenvalue weighted by molar-refractivity contribution is 7.84. The minimum absolute atomic E-state index is 0.262. The minimum Gasteiger partial charge on any atom is -0.326 e. The third-order valence-electron chi connectivity index (χ3n) is 3.95. The molecule has 1 saturated carbocycles. The van der Waals surface area contributed by atoms with Crippen LogP contribution in [0.2, 0.25) is 0 Å². The van der Waals surface area contributed by atoms with Crippen LogP contribution in [0.4, 0.5) is 4.39 Å². The molecule has 3 atom stereocenters. The molecule has 1 fully saturated rings. The van der Waals surface area contributed by atoms with Crippen molar-refractivity contribution in [2.75, 3.05) is 0 Å². The summed E-state index contributed by atoms with van der Waals surface area (Å²) in [4.78, 5) is 0. The zero-order valence-corrected chi connectivity index (χ0v) is 12.2. The van der Waals surface area contributed by atoms with E-state index in [9.17, 15) is 8.60 Å². The number of benzene rings is 1. The summed E-state index contributed by atoms with van der Waals surface area (Å²) in [5, 5.41) is 0.262. The lowest BCUT2D eigenvalue weighted by molar-refractivity contribution is 0.389. The molecule has 0 amide bonds. The molecule has 1 aliphatic carbocycles. The fourth-order valence-corrected chi connectivity index (χ4v) is 4.60. The fraction of sp³-hybridized carbons (Fsp3) is 0.600. The van der Waals surface area contributed by atoms with Crippen LogP contribution in [0, 0.1) is 11.7 Å². The van der Waals surface area contributed by atoms with Crippen LogP contribution in [0.15, 0.2) is 18.2 Å². The van der Waals surface area contributed by atoms with E-state index in [-0.39, 0.29) is 11.1 Å². The Balaban J connectivity index is 2.07. The van der Waals surface area contributed by atoms with E-state index in [1.807, 2.05) is 0 Å². The molecule has 0 heterocycles. The molecule has 3 unspecified atom stereocenters. The van der Waals surface area contributed by atoms with E-state index in [2.05, 4.69) is 6.92 Å². The number of hydrogen-bond acceptors (Lipinski definition) is 2. The fourth-order valence-electron chi connectivity index (χ4n) is 2.82. The standard InChI is InChI=1S/C15H22FNOS/c1-11-3-2-4-15(7-11)19(18)10-13-8-14(16)6-5-12(13)9-17/h5-6,8,11,15H,2-4,7,9-10,17H2,1H3. The second-order valence-corrected chi connectivity index (χ2v) is 7.25. The Morgan fingerprint density at radius 2 is 2.16 bits per heavy atom. The topological polar surface area (TPSA) is 43.1 Å². The van der Waals surface area contributed by atoms with Crippen LogP contribution >= 0.6 is 0 Å². The molecule has 0 aromatic heterocycles. The predicted molar refractivity (Wildman–Crippen MR) is 77.6 cm³/mol. The van der Waals surface area contributed by atoms with Crippen LogP contribution in [0.25, 0.3) is 0 Å². The SMILES string of the molecule is CC1CCCC(S(=O)Cc2cc(F)ccc2CN)C1. The maximum Gasteiger partial charge on any atom is 0.123 e. The first-order chi connectivity index (χ1) is 9.10. The minimum atomic E-state index is -0.921. The van der Waals surface area contributed by atoms with E-state index >= 15 is 0 Å². The summed E-state index contributed by atoms with van der Waals surface area (Å²) >= 11 is 0. The lowest BCUT2D eigenvalue weighted by atomic mass is 9.91. The van der Waals surface area contributed by atoms with Crippen LogP contribution in [0.3, 0.4) is 0 Å². The van der Waals surface area contributed by atoms with Crippen LogP contribution in [-0.4, -0.2) is 9.46 Å². The van der Waals surface area contributed by atoms with E-state index < -0.39 is 10.8 Å². The van der Waals surface area contributed by atoms with Crippen molar-refractivity contribution in [3.05, 3.63) is 35.1 Å². The molecule has 1 aromatic rings. The van der Waals surface area contributed by atoms with Crippen molar-refractivity contribution in [2.24, 2.45) is 11.7 Å². The molecule has 2 nitrogen and oxygen atoms in total. The molecule has 4 heteroatoms. The number of halogens is 1. The maximum absolute atomic E-state index is 13.3. The Kier molecular flexibility index (Phi) is 5.11. The van der Waals surface area contributed by atoms with Crippen LogP contribution in [-0.2, 0) is 23.1 Å². The van der Waals surface area contributed by atoms with Crippen molar-refractivity contribution in [3.63, 3.8) is 0 Å². The highest BCUT2D eigenvalue weighted by atomic mass is 32.2. The normalized spacial score (nSPS) is 25.2. The van der Waals surface area contributed by atoms with E-state index in [1.165, 1.54) is 18.6 Å². The Hall–Kier alpha value is -0.740. The molecular weight excluding hydrogens is 261 g/mol. The van der Waals surface area contributed by atoms with E-state index in [0.29, 0.717) is 18.2 Å². The van der Waals surface area contributed by atoms with Gasteiger partial charge in [-0.2, -0.15) is 0 Å². The van der Waals surface area contributed by atoms with Gasteiger partial charge in [0.15, 0.2) is 0 Å². The highest BCUT2D eigenvalue weighted by Gasteiger charge is 2.24. The van der Waals surface area contributed by atoms with Crippen molar-refractivity contribution in [3.8, 4) is 0 Å².